The van der Waals surface area contributed by atoms with Crippen molar-refractivity contribution < 1.29 is 9.53 Å². The first-order valence-electron chi connectivity index (χ1n) is 8.05. The summed E-state index contributed by atoms with van der Waals surface area (Å²) in [5.74, 6) is 0.868. The molecule has 0 unspecified atom stereocenters. The van der Waals surface area contributed by atoms with Crippen molar-refractivity contribution >= 4 is 18.4 Å². The summed E-state index contributed by atoms with van der Waals surface area (Å²) in [5, 5.41) is 3.70. The monoisotopic (exact) mass is 318 g/mol. The maximum atomic E-state index is 11.7. The predicted molar refractivity (Wildman–Crippen MR) is 87.9 cm³/mol. The Morgan fingerprint density at radius 3 is 2.38 bits per heavy atom. The molecule has 0 atom stereocenters. The second-order valence-electron chi connectivity index (χ2n) is 7.09. The van der Waals surface area contributed by atoms with Gasteiger partial charge < -0.3 is 15.0 Å². The normalized spacial score (nSPS) is 20.9. The van der Waals surface area contributed by atoms with Crippen LogP contribution in [0.4, 0.5) is 0 Å². The van der Waals surface area contributed by atoms with Crippen LogP contribution in [-0.4, -0.2) is 50.2 Å². The minimum absolute atomic E-state index is 0. The SMILES string of the molecule is COC(=O)C(C)(C)CCN1CCC(NCC2CC2)CC1.Cl. The third kappa shape index (κ3) is 6.13. The zero-order valence-electron chi connectivity index (χ0n) is 13.7. The Bertz CT molecular complexity index is 324. The van der Waals surface area contributed by atoms with E-state index < -0.39 is 0 Å². The molecular weight excluding hydrogens is 288 g/mol. The zero-order valence-corrected chi connectivity index (χ0v) is 14.5. The molecular formula is C16H31ClN2O2. The summed E-state index contributed by atoms with van der Waals surface area (Å²) >= 11 is 0. The molecule has 5 heteroatoms. The lowest BCUT2D eigenvalue weighted by Gasteiger charge is -2.34. The van der Waals surface area contributed by atoms with E-state index in [1.807, 2.05) is 13.8 Å². The number of hydrogen-bond donors (Lipinski definition) is 1. The van der Waals surface area contributed by atoms with Crippen LogP contribution >= 0.6 is 12.4 Å². The molecule has 1 heterocycles. The molecule has 1 aliphatic heterocycles. The van der Waals surface area contributed by atoms with E-state index in [9.17, 15) is 4.79 Å². The molecule has 0 bridgehead atoms. The summed E-state index contributed by atoms with van der Waals surface area (Å²) in [7, 11) is 1.47. The zero-order chi connectivity index (χ0) is 14.6. The van der Waals surface area contributed by atoms with Gasteiger partial charge in [0.2, 0.25) is 0 Å². The van der Waals surface area contributed by atoms with E-state index in [1.165, 1.54) is 39.3 Å². The van der Waals surface area contributed by atoms with Gasteiger partial charge in [0.15, 0.2) is 0 Å². The number of ether oxygens (including phenoxy) is 1. The second kappa shape index (κ2) is 8.35. The van der Waals surface area contributed by atoms with E-state index in [4.69, 9.17) is 4.74 Å². The first-order valence-corrected chi connectivity index (χ1v) is 8.05. The molecule has 0 radical (unpaired) electrons. The Labute approximate surface area is 135 Å². The highest BCUT2D eigenvalue weighted by molar-refractivity contribution is 5.85. The first kappa shape index (κ1) is 18.7. The van der Waals surface area contributed by atoms with Gasteiger partial charge in [-0.1, -0.05) is 0 Å². The van der Waals surface area contributed by atoms with Gasteiger partial charge >= 0.3 is 5.97 Å². The van der Waals surface area contributed by atoms with Crippen molar-refractivity contribution in [1.29, 1.82) is 0 Å². The molecule has 1 aliphatic carbocycles. The van der Waals surface area contributed by atoms with Crippen molar-refractivity contribution in [3.8, 4) is 0 Å². The second-order valence-corrected chi connectivity index (χ2v) is 7.09. The van der Waals surface area contributed by atoms with Crippen LogP contribution in [-0.2, 0) is 9.53 Å². The average molecular weight is 319 g/mol. The van der Waals surface area contributed by atoms with Crippen molar-refractivity contribution in [2.24, 2.45) is 11.3 Å². The molecule has 1 saturated carbocycles. The Morgan fingerprint density at radius 1 is 1.24 bits per heavy atom. The molecule has 2 fully saturated rings. The standard InChI is InChI=1S/C16H30N2O2.ClH/c1-16(2,15(19)20-3)8-11-18-9-6-14(7-10-18)17-12-13-4-5-13;/h13-14,17H,4-12H2,1-3H3;1H. The molecule has 0 aromatic carbocycles. The Hall–Kier alpha value is -0.320. The lowest BCUT2D eigenvalue weighted by Crippen LogP contribution is -2.44. The minimum Gasteiger partial charge on any atom is -0.469 e. The van der Waals surface area contributed by atoms with Crippen LogP contribution in [0.15, 0.2) is 0 Å². The Kier molecular flexibility index (Phi) is 7.45. The van der Waals surface area contributed by atoms with Crippen molar-refractivity contribution in [2.75, 3.05) is 33.3 Å². The van der Waals surface area contributed by atoms with Crippen molar-refractivity contribution in [2.45, 2.75) is 52.0 Å². The van der Waals surface area contributed by atoms with Gasteiger partial charge in [-0.05, 0) is 78.0 Å². The Morgan fingerprint density at radius 2 is 1.86 bits per heavy atom. The third-order valence-corrected chi connectivity index (χ3v) is 4.77. The summed E-state index contributed by atoms with van der Waals surface area (Å²) in [6.45, 7) is 8.47. The van der Waals surface area contributed by atoms with Crippen molar-refractivity contribution in [3.63, 3.8) is 0 Å². The number of esters is 1. The lowest BCUT2D eigenvalue weighted by molar-refractivity contribution is -0.151. The molecule has 124 valence electrons. The molecule has 2 aliphatic rings. The van der Waals surface area contributed by atoms with Crippen LogP contribution in [0.3, 0.4) is 0 Å². The van der Waals surface area contributed by atoms with E-state index in [0.29, 0.717) is 6.04 Å². The van der Waals surface area contributed by atoms with E-state index >= 15 is 0 Å². The van der Waals surface area contributed by atoms with Gasteiger partial charge in [-0.3, -0.25) is 4.79 Å². The van der Waals surface area contributed by atoms with Crippen LogP contribution in [0.25, 0.3) is 0 Å². The number of halogens is 1. The van der Waals surface area contributed by atoms with Crippen LogP contribution in [0.5, 0.6) is 0 Å². The number of likely N-dealkylation sites (tertiary alicyclic amines) is 1. The highest BCUT2D eigenvalue weighted by Gasteiger charge is 2.30. The molecule has 0 aromatic rings. The average Bonchev–Trinajstić information content (AvgIpc) is 3.27. The molecule has 4 nitrogen and oxygen atoms in total. The van der Waals surface area contributed by atoms with Crippen molar-refractivity contribution in [3.05, 3.63) is 0 Å². The highest BCUT2D eigenvalue weighted by Crippen LogP contribution is 2.28. The number of nitrogens with zero attached hydrogens (tertiary/aromatic N) is 1. The molecule has 1 saturated heterocycles. The third-order valence-electron chi connectivity index (χ3n) is 4.77. The molecule has 0 aromatic heterocycles. The van der Waals surface area contributed by atoms with Gasteiger partial charge in [-0.15, -0.1) is 12.4 Å². The van der Waals surface area contributed by atoms with E-state index in [0.717, 1.165) is 32.0 Å². The first-order chi connectivity index (χ1) is 9.51. The van der Waals surface area contributed by atoms with Crippen molar-refractivity contribution in [1.82, 2.24) is 10.2 Å². The summed E-state index contributed by atoms with van der Waals surface area (Å²) in [6.07, 6.45) is 6.21. The summed E-state index contributed by atoms with van der Waals surface area (Å²) in [5.41, 5.74) is -0.365. The van der Waals surface area contributed by atoms with Gasteiger partial charge in [0.1, 0.15) is 0 Å². The van der Waals surface area contributed by atoms with E-state index in [1.54, 1.807) is 0 Å². The Balaban J connectivity index is 0.00000220. The molecule has 1 N–H and O–H groups in total. The molecule has 0 spiro atoms. The van der Waals surface area contributed by atoms with Crippen LogP contribution < -0.4 is 5.32 Å². The molecule has 21 heavy (non-hydrogen) atoms. The number of nitrogens with one attached hydrogen (secondary N) is 1. The van der Waals surface area contributed by atoms with E-state index in [2.05, 4.69) is 10.2 Å². The highest BCUT2D eigenvalue weighted by atomic mass is 35.5. The van der Waals surface area contributed by atoms with Crippen LogP contribution in [0.2, 0.25) is 0 Å². The number of piperidine rings is 1. The molecule has 2 rings (SSSR count). The number of methoxy groups -OCH3 is 1. The van der Waals surface area contributed by atoms with Gasteiger partial charge in [-0.2, -0.15) is 0 Å². The number of rotatable bonds is 7. The minimum atomic E-state index is -0.365. The van der Waals surface area contributed by atoms with Gasteiger partial charge in [0, 0.05) is 6.04 Å². The van der Waals surface area contributed by atoms with Crippen LogP contribution in [0, 0.1) is 11.3 Å². The summed E-state index contributed by atoms with van der Waals surface area (Å²) < 4.78 is 4.86. The van der Waals surface area contributed by atoms with Crippen LogP contribution in [0.1, 0.15) is 46.0 Å². The summed E-state index contributed by atoms with van der Waals surface area (Å²) in [4.78, 5) is 14.1. The predicted octanol–water partition coefficient (Wildman–Crippen LogP) is 2.46. The fourth-order valence-electron chi connectivity index (χ4n) is 2.83. The maximum absolute atomic E-state index is 11.7. The fourth-order valence-corrected chi connectivity index (χ4v) is 2.83. The summed E-state index contributed by atoms with van der Waals surface area (Å²) in [6, 6.07) is 0.709. The van der Waals surface area contributed by atoms with Gasteiger partial charge in [0.25, 0.3) is 0 Å². The smallest absolute Gasteiger partial charge is 0.311 e. The largest absolute Gasteiger partial charge is 0.469 e. The maximum Gasteiger partial charge on any atom is 0.311 e. The number of carbonyl (C=O) groups is 1. The lowest BCUT2D eigenvalue weighted by atomic mass is 9.89. The quantitative estimate of drug-likeness (QED) is 0.732. The molecule has 0 amide bonds. The number of hydrogen-bond acceptors (Lipinski definition) is 4. The van der Waals surface area contributed by atoms with E-state index in [-0.39, 0.29) is 23.8 Å². The van der Waals surface area contributed by atoms with Gasteiger partial charge in [0.05, 0.1) is 12.5 Å². The fraction of sp³-hybridized carbons (Fsp3) is 0.938. The number of carbonyl (C=O) groups excluding carboxylic acids is 1. The topological polar surface area (TPSA) is 41.6 Å². The van der Waals surface area contributed by atoms with Gasteiger partial charge in [-0.25, -0.2) is 0 Å².